The van der Waals surface area contributed by atoms with Crippen LogP contribution in [-0.4, -0.2) is 61.7 Å². The number of piperidine rings is 1. The van der Waals surface area contributed by atoms with Crippen molar-refractivity contribution in [3.63, 3.8) is 0 Å². The zero-order valence-electron chi connectivity index (χ0n) is 18.4. The van der Waals surface area contributed by atoms with E-state index in [0.717, 1.165) is 42.9 Å². The predicted octanol–water partition coefficient (Wildman–Crippen LogP) is 3.33. The van der Waals surface area contributed by atoms with Crippen molar-refractivity contribution in [2.24, 2.45) is 5.92 Å². The zero-order valence-corrected chi connectivity index (χ0v) is 18.4. The van der Waals surface area contributed by atoms with E-state index in [0.29, 0.717) is 24.6 Å². The summed E-state index contributed by atoms with van der Waals surface area (Å²) in [6.07, 6.45) is 2.25. The second-order valence-corrected chi connectivity index (χ2v) is 7.94. The van der Waals surface area contributed by atoms with Gasteiger partial charge in [0.05, 0.1) is 25.3 Å². The minimum absolute atomic E-state index is 0.188. The summed E-state index contributed by atoms with van der Waals surface area (Å²) in [5.41, 5.74) is 2.09. The molecule has 2 aliphatic rings. The molecule has 1 unspecified atom stereocenters. The highest BCUT2D eigenvalue weighted by molar-refractivity contribution is 5.95. The Hall–Kier alpha value is -2.54. The molecule has 1 fully saturated rings. The van der Waals surface area contributed by atoms with Crippen molar-refractivity contribution in [1.82, 2.24) is 15.1 Å². The number of esters is 1. The molecule has 1 aromatic carbocycles. The number of methoxy groups -OCH3 is 1. The first-order valence-corrected chi connectivity index (χ1v) is 10.8. The minimum atomic E-state index is -0.552. The number of benzene rings is 1. The Morgan fingerprint density at radius 1 is 1.17 bits per heavy atom. The van der Waals surface area contributed by atoms with Gasteiger partial charge in [-0.1, -0.05) is 19.1 Å². The van der Waals surface area contributed by atoms with Crippen LogP contribution < -0.4 is 10.1 Å². The molecule has 2 aliphatic heterocycles. The molecule has 0 bridgehead atoms. The summed E-state index contributed by atoms with van der Waals surface area (Å²) in [5, 5.41) is 3.00. The number of likely N-dealkylation sites (tertiary alicyclic amines) is 1. The van der Waals surface area contributed by atoms with Gasteiger partial charge in [-0.25, -0.2) is 9.59 Å². The summed E-state index contributed by atoms with van der Waals surface area (Å²) in [5.74, 6) is 1.06. The van der Waals surface area contributed by atoms with Gasteiger partial charge in [0.25, 0.3) is 0 Å². The number of urea groups is 1. The maximum absolute atomic E-state index is 13.1. The molecule has 0 spiro atoms. The SMILES string of the molecule is CCOC(=O)C1=C(CN2CCC(C)CC2)N(CC)C(=O)NC1c1ccc(OC)cc1. The fraction of sp³-hybridized carbons (Fsp3) is 0.565. The minimum Gasteiger partial charge on any atom is -0.497 e. The van der Waals surface area contributed by atoms with Crippen molar-refractivity contribution >= 4 is 12.0 Å². The fourth-order valence-corrected chi connectivity index (χ4v) is 4.14. The Balaban J connectivity index is 2.03. The molecular weight excluding hydrogens is 382 g/mol. The average molecular weight is 416 g/mol. The topological polar surface area (TPSA) is 71.1 Å². The van der Waals surface area contributed by atoms with E-state index in [4.69, 9.17) is 9.47 Å². The van der Waals surface area contributed by atoms with Gasteiger partial charge in [-0.2, -0.15) is 0 Å². The monoisotopic (exact) mass is 415 g/mol. The molecule has 0 radical (unpaired) electrons. The molecular formula is C23H33N3O4. The van der Waals surface area contributed by atoms with Crippen LogP contribution in [0.2, 0.25) is 0 Å². The van der Waals surface area contributed by atoms with E-state index < -0.39 is 6.04 Å². The number of nitrogens with one attached hydrogen (secondary N) is 1. The molecule has 7 nitrogen and oxygen atoms in total. The first-order chi connectivity index (χ1) is 14.5. The summed E-state index contributed by atoms with van der Waals surface area (Å²) < 4.78 is 10.7. The van der Waals surface area contributed by atoms with Crippen LogP contribution in [0.1, 0.15) is 45.2 Å². The molecule has 1 atom stereocenters. The third-order valence-electron chi connectivity index (χ3n) is 5.95. The van der Waals surface area contributed by atoms with Gasteiger partial charge in [0.1, 0.15) is 5.75 Å². The van der Waals surface area contributed by atoms with Crippen LogP contribution in [-0.2, 0) is 9.53 Å². The number of amides is 2. The van der Waals surface area contributed by atoms with E-state index in [2.05, 4.69) is 17.1 Å². The van der Waals surface area contributed by atoms with Crippen LogP contribution in [0.3, 0.4) is 0 Å². The largest absolute Gasteiger partial charge is 0.497 e. The first kappa shape index (κ1) is 22.2. The highest BCUT2D eigenvalue weighted by Gasteiger charge is 2.38. The van der Waals surface area contributed by atoms with Crippen LogP contribution in [0.25, 0.3) is 0 Å². The Morgan fingerprint density at radius 3 is 2.40 bits per heavy atom. The van der Waals surface area contributed by atoms with Gasteiger partial charge in [-0.15, -0.1) is 0 Å². The zero-order chi connectivity index (χ0) is 21.7. The second kappa shape index (κ2) is 9.98. The van der Waals surface area contributed by atoms with Gasteiger partial charge >= 0.3 is 12.0 Å². The van der Waals surface area contributed by atoms with Crippen LogP contribution in [0.15, 0.2) is 35.5 Å². The molecule has 0 saturated carbocycles. The van der Waals surface area contributed by atoms with Gasteiger partial charge in [-0.05, 0) is 63.4 Å². The molecule has 0 aliphatic carbocycles. The second-order valence-electron chi connectivity index (χ2n) is 7.94. The van der Waals surface area contributed by atoms with Crippen LogP contribution >= 0.6 is 0 Å². The Bertz CT molecular complexity index is 782. The summed E-state index contributed by atoms with van der Waals surface area (Å²) in [6.45, 7) is 9.26. The lowest BCUT2D eigenvalue weighted by Gasteiger charge is -2.39. The van der Waals surface area contributed by atoms with Crippen LogP contribution in [0, 0.1) is 5.92 Å². The van der Waals surface area contributed by atoms with Gasteiger partial charge in [0, 0.05) is 18.8 Å². The van der Waals surface area contributed by atoms with Gasteiger partial charge in [0.15, 0.2) is 0 Å². The van der Waals surface area contributed by atoms with E-state index in [1.54, 1.807) is 18.9 Å². The normalized spacial score (nSPS) is 20.9. The lowest BCUT2D eigenvalue weighted by atomic mass is 9.93. The number of hydrogen-bond acceptors (Lipinski definition) is 5. The standard InChI is InChI=1S/C23H33N3O4/c1-5-26-19(15-25-13-11-16(3)12-14-25)20(22(27)30-6-2)21(24-23(26)28)17-7-9-18(29-4)10-8-17/h7-10,16,21H,5-6,11-15H2,1-4H3,(H,24,28). The van der Waals surface area contributed by atoms with Crippen LogP contribution in [0.5, 0.6) is 5.75 Å². The van der Waals surface area contributed by atoms with E-state index in [9.17, 15) is 9.59 Å². The quantitative estimate of drug-likeness (QED) is 0.692. The number of ether oxygens (including phenoxy) is 2. The van der Waals surface area contributed by atoms with Crippen molar-refractivity contribution in [2.75, 3.05) is 39.9 Å². The van der Waals surface area contributed by atoms with Crippen LogP contribution in [0.4, 0.5) is 4.79 Å². The summed E-state index contributed by atoms with van der Waals surface area (Å²) in [7, 11) is 1.61. The van der Waals surface area contributed by atoms with Crippen molar-refractivity contribution < 1.29 is 19.1 Å². The van der Waals surface area contributed by atoms with E-state index in [1.807, 2.05) is 31.2 Å². The number of hydrogen-bond donors (Lipinski definition) is 1. The molecule has 30 heavy (non-hydrogen) atoms. The Morgan fingerprint density at radius 2 is 1.83 bits per heavy atom. The van der Waals surface area contributed by atoms with E-state index in [1.165, 1.54) is 0 Å². The maximum Gasteiger partial charge on any atom is 0.338 e. The summed E-state index contributed by atoms with van der Waals surface area (Å²) >= 11 is 0. The molecule has 7 heteroatoms. The molecule has 3 rings (SSSR count). The molecule has 1 N–H and O–H groups in total. The van der Waals surface area contributed by atoms with Crippen molar-refractivity contribution in [1.29, 1.82) is 0 Å². The van der Waals surface area contributed by atoms with Crippen molar-refractivity contribution in [3.05, 3.63) is 41.1 Å². The maximum atomic E-state index is 13.1. The lowest BCUT2D eigenvalue weighted by Crippen LogP contribution is -2.51. The smallest absolute Gasteiger partial charge is 0.338 e. The lowest BCUT2D eigenvalue weighted by molar-refractivity contribution is -0.139. The molecule has 1 saturated heterocycles. The fourth-order valence-electron chi connectivity index (χ4n) is 4.14. The molecule has 2 heterocycles. The molecule has 2 amide bonds. The number of nitrogens with zero attached hydrogens (tertiary/aromatic N) is 2. The number of likely N-dealkylation sites (N-methyl/N-ethyl adjacent to an activating group) is 1. The summed E-state index contributed by atoms with van der Waals surface area (Å²) in [6, 6.07) is 6.69. The molecule has 0 aromatic heterocycles. The van der Waals surface area contributed by atoms with Gasteiger partial charge < -0.3 is 14.8 Å². The first-order valence-electron chi connectivity index (χ1n) is 10.8. The highest BCUT2D eigenvalue weighted by atomic mass is 16.5. The third kappa shape index (κ3) is 4.78. The highest BCUT2D eigenvalue weighted by Crippen LogP contribution is 2.33. The molecule has 164 valence electrons. The van der Waals surface area contributed by atoms with E-state index in [-0.39, 0.29) is 18.6 Å². The molecule has 1 aromatic rings. The van der Waals surface area contributed by atoms with Gasteiger partial charge in [0.2, 0.25) is 0 Å². The van der Waals surface area contributed by atoms with E-state index >= 15 is 0 Å². The number of carbonyl (C=O) groups is 2. The third-order valence-corrected chi connectivity index (χ3v) is 5.95. The van der Waals surface area contributed by atoms with Crippen molar-refractivity contribution in [3.8, 4) is 5.75 Å². The average Bonchev–Trinajstić information content (AvgIpc) is 2.75. The van der Waals surface area contributed by atoms with Gasteiger partial charge in [-0.3, -0.25) is 9.80 Å². The number of carbonyl (C=O) groups excluding carboxylic acids is 2. The predicted molar refractivity (Wildman–Crippen MR) is 115 cm³/mol. The Labute approximate surface area is 179 Å². The summed E-state index contributed by atoms with van der Waals surface area (Å²) in [4.78, 5) is 30.0. The number of rotatable bonds is 7. The van der Waals surface area contributed by atoms with Crippen molar-refractivity contribution in [2.45, 2.75) is 39.7 Å². The Kier molecular flexibility index (Phi) is 7.37.